The molecule has 53 heavy (non-hydrogen) atoms. The molecule has 0 heterocycles. The van der Waals surface area contributed by atoms with Crippen molar-refractivity contribution >= 4 is 17.9 Å². The van der Waals surface area contributed by atoms with E-state index in [0.717, 1.165) is 83.5 Å². The summed E-state index contributed by atoms with van der Waals surface area (Å²) in [5.41, 5.74) is 0. The molecule has 308 valence electrons. The molecule has 0 N–H and O–H groups in total. The first-order chi connectivity index (χ1) is 25.6. The third-order valence-electron chi connectivity index (χ3n) is 8.84. The van der Waals surface area contributed by atoms with Gasteiger partial charge in [-0.1, -0.05) is 127 Å². The Morgan fingerprint density at radius 3 is 1.58 bits per heavy atom. The van der Waals surface area contributed by atoms with E-state index in [9.17, 15) is 19.5 Å². The van der Waals surface area contributed by atoms with Crippen LogP contribution in [0.2, 0.25) is 0 Å². The molecule has 0 aliphatic carbocycles. The van der Waals surface area contributed by atoms with E-state index in [1.165, 1.54) is 51.4 Å². The minimum atomic E-state index is -1.62. The Kier molecular flexibility index (Phi) is 34.8. The molecule has 0 radical (unpaired) electrons. The summed E-state index contributed by atoms with van der Waals surface area (Å²) in [7, 11) is 5.89. The van der Waals surface area contributed by atoms with Gasteiger partial charge in [0.1, 0.15) is 13.2 Å². The third kappa shape index (κ3) is 37.6. The van der Waals surface area contributed by atoms with Crippen LogP contribution in [0, 0.1) is 0 Å². The van der Waals surface area contributed by atoms with Crippen LogP contribution in [0.4, 0.5) is 0 Å². The van der Waals surface area contributed by atoms with E-state index in [2.05, 4.69) is 50.3 Å². The quantitative estimate of drug-likeness (QED) is 0.0202. The number of carboxylic acid groups (broad SMARTS) is 1. The molecule has 0 aliphatic rings. The van der Waals surface area contributed by atoms with Crippen LogP contribution in [0.15, 0.2) is 36.5 Å². The maximum absolute atomic E-state index is 12.7. The standard InChI is InChI=1S/C44H79NO8/c1-6-8-10-12-14-16-18-20-21-23-24-26-28-30-32-34-41(46)51-38-40(39-52-44(43(48)49)50-37-36-45(3,4)5)53-42(47)35-33-31-29-27-25-22-19-17-15-13-11-9-7-2/h11,13,17,19-21,40,44H,6-10,12,14-16,18,22-39H2,1-5H3/b13-11-,19-17-,21-20-. The van der Waals surface area contributed by atoms with E-state index in [-0.39, 0.29) is 38.6 Å². The molecule has 0 aromatic heterocycles. The van der Waals surface area contributed by atoms with Crippen molar-refractivity contribution in [2.75, 3.05) is 47.5 Å². The zero-order valence-corrected chi connectivity index (χ0v) is 34.6. The molecular formula is C44H79NO8. The van der Waals surface area contributed by atoms with Crippen molar-refractivity contribution in [3.63, 3.8) is 0 Å². The summed E-state index contributed by atoms with van der Waals surface area (Å²) in [6.45, 7) is 4.63. The van der Waals surface area contributed by atoms with E-state index < -0.39 is 24.3 Å². The minimum absolute atomic E-state index is 0.143. The van der Waals surface area contributed by atoms with Crippen molar-refractivity contribution in [3.8, 4) is 0 Å². The van der Waals surface area contributed by atoms with Crippen LogP contribution in [-0.4, -0.2) is 82.3 Å². The Bertz CT molecular complexity index is 971. The van der Waals surface area contributed by atoms with Crippen LogP contribution < -0.4 is 5.11 Å². The number of carboxylic acids is 1. The number of hydrogen-bond acceptors (Lipinski definition) is 8. The summed E-state index contributed by atoms with van der Waals surface area (Å²) in [6.07, 6.45) is 36.0. The van der Waals surface area contributed by atoms with Gasteiger partial charge >= 0.3 is 11.9 Å². The topological polar surface area (TPSA) is 111 Å². The van der Waals surface area contributed by atoms with Crippen molar-refractivity contribution in [3.05, 3.63) is 36.5 Å². The number of nitrogens with zero attached hydrogens (tertiary/aromatic N) is 1. The first kappa shape index (κ1) is 50.5. The first-order valence-corrected chi connectivity index (χ1v) is 21.1. The van der Waals surface area contributed by atoms with Crippen LogP contribution in [0.25, 0.3) is 0 Å². The first-order valence-electron chi connectivity index (χ1n) is 21.1. The Morgan fingerprint density at radius 2 is 1.06 bits per heavy atom. The fraction of sp³-hybridized carbons (Fsp3) is 0.795. The summed E-state index contributed by atoms with van der Waals surface area (Å²) < 4.78 is 22.5. The molecule has 9 heteroatoms. The maximum Gasteiger partial charge on any atom is 0.306 e. The number of rotatable bonds is 38. The molecule has 2 atom stereocenters. The Hall–Kier alpha value is -2.49. The van der Waals surface area contributed by atoms with Gasteiger partial charge in [-0.3, -0.25) is 9.59 Å². The fourth-order valence-electron chi connectivity index (χ4n) is 5.51. The highest BCUT2D eigenvalue weighted by Crippen LogP contribution is 2.13. The second kappa shape index (κ2) is 36.5. The molecule has 0 rings (SSSR count). The van der Waals surface area contributed by atoms with Crippen molar-refractivity contribution < 1.29 is 42.9 Å². The smallest absolute Gasteiger partial charge is 0.306 e. The largest absolute Gasteiger partial charge is 0.545 e. The number of hydrogen-bond donors (Lipinski definition) is 0. The maximum atomic E-state index is 12.7. The highest BCUT2D eigenvalue weighted by molar-refractivity contribution is 5.70. The van der Waals surface area contributed by atoms with Crippen molar-refractivity contribution in [2.24, 2.45) is 0 Å². The highest BCUT2D eigenvalue weighted by atomic mass is 16.7. The zero-order valence-electron chi connectivity index (χ0n) is 34.6. The highest BCUT2D eigenvalue weighted by Gasteiger charge is 2.21. The van der Waals surface area contributed by atoms with Gasteiger partial charge in [0.2, 0.25) is 0 Å². The molecule has 0 saturated heterocycles. The van der Waals surface area contributed by atoms with Crippen LogP contribution in [0.1, 0.15) is 168 Å². The zero-order chi connectivity index (χ0) is 39.3. The van der Waals surface area contributed by atoms with Gasteiger partial charge in [-0.15, -0.1) is 0 Å². The lowest BCUT2D eigenvalue weighted by Crippen LogP contribution is -2.44. The third-order valence-corrected chi connectivity index (χ3v) is 8.84. The predicted molar refractivity (Wildman–Crippen MR) is 214 cm³/mol. The second-order valence-corrected chi connectivity index (χ2v) is 15.3. The van der Waals surface area contributed by atoms with Crippen LogP contribution in [-0.2, 0) is 33.3 Å². The van der Waals surface area contributed by atoms with Crippen molar-refractivity contribution in [1.82, 2.24) is 0 Å². The van der Waals surface area contributed by atoms with E-state index >= 15 is 0 Å². The Morgan fingerprint density at radius 1 is 0.566 bits per heavy atom. The second-order valence-electron chi connectivity index (χ2n) is 15.3. The number of carbonyl (C=O) groups is 3. The van der Waals surface area contributed by atoms with Crippen LogP contribution in [0.5, 0.6) is 0 Å². The minimum Gasteiger partial charge on any atom is -0.545 e. The molecule has 9 nitrogen and oxygen atoms in total. The van der Waals surface area contributed by atoms with E-state index in [4.69, 9.17) is 18.9 Å². The van der Waals surface area contributed by atoms with Gasteiger partial charge in [0.15, 0.2) is 12.4 Å². The molecule has 0 amide bonds. The van der Waals surface area contributed by atoms with Crippen molar-refractivity contribution in [2.45, 2.75) is 180 Å². The summed E-state index contributed by atoms with van der Waals surface area (Å²) in [4.78, 5) is 36.9. The molecule has 0 fully saturated rings. The van der Waals surface area contributed by atoms with Crippen molar-refractivity contribution in [1.29, 1.82) is 0 Å². The van der Waals surface area contributed by atoms with Gasteiger partial charge in [0, 0.05) is 12.8 Å². The monoisotopic (exact) mass is 750 g/mol. The van der Waals surface area contributed by atoms with Gasteiger partial charge in [-0.2, -0.15) is 0 Å². The Labute approximate surface area is 324 Å². The Balaban J connectivity index is 4.51. The summed E-state index contributed by atoms with van der Waals surface area (Å²) >= 11 is 0. The SMILES string of the molecule is CCC/C=C\C/C=C\CCCCCCCC(=O)OC(COC(=O)CCCCCCC/C=C\CCCCCCCC)COC(OCC[N+](C)(C)C)C(=O)[O-]. The summed E-state index contributed by atoms with van der Waals surface area (Å²) in [5.74, 6) is -2.32. The number of unbranched alkanes of at least 4 members (excludes halogenated alkanes) is 17. The lowest BCUT2D eigenvalue weighted by molar-refractivity contribution is -0.870. The summed E-state index contributed by atoms with van der Waals surface area (Å²) in [5, 5.41) is 11.7. The van der Waals surface area contributed by atoms with Crippen LogP contribution >= 0.6 is 0 Å². The lowest BCUT2D eigenvalue weighted by atomic mass is 10.1. The lowest BCUT2D eigenvalue weighted by Gasteiger charge is -2.26. The fourth-order valence-corrected chi connectivity index (χ4v) is 5.51. The van der Waals surface area contributed by atoms with Gasteiger partial charge in [-0.05, 0) is 64.2 Å². The van der Waals surface area contributed by atoms with E-state index in [0.29, 0.717) is 17.4 Å². The number of quaternary nitrogens is 1. The molecule has 0 aromatic rings. The normalized spacial score (nSPS) is 13.3. The predicted octanol–water partition coefficient (Wildman–Crippen LogP) is 9.33. The van der Waals surface area contributed by atoms with E-state index in [1.807, 2.05) is 21.1 Å². The average Bonchev–Trinajstić information content (AvgIpc) is 3.11. The molecule has 0 aliphatic heterocycles. The molecule has 0 spiro atoms. The van der Waals surface area contributed by atoms with Crippen LogP contribution in [0.3, 0.4) is 0 Å². The molecule has 2 unspecified atom stereocenters. The number of aliphatic carboxylic acids is 1. The number of allylic oxidation sites excluding steroid dienone is 6. The summed E-state index contributed by atoms with van der Waals surface area (Å²) in [6, 6.07) is 0. The van der Waals surface area contributed by atoms with Gasteiger partial charge in [0.25, 0.3) is 0 Å². The molecule has 0 saturated carbocycles. The number of likely N-dealkylation sites (N-methyl/N-ethyl adjacent to an activating group) is 1. The van der Waals surface area contributed by atoms with E-state index in [1.54, 1.807) is 0 Å². The van der Waals surface area contributed by atoms with Gasteiger partial charge < -0.3 is 33.3 Å². The molecule has 0 aromatic carbocycles. The molecule has 0 bridgehead atoms. The average molecular weight is 750 g/mol. The number of ether oxygens (including phenoxy) is 4. The van der Waals surface area contributed by atoms with Gasteiger partial charge in [-0.25, -0.2) is 0 Å². The number of carbonyl (C=O) groups excluding carboxylic acids is 3. The molecular weight excluding hydrogens is 670 g/mol. The van der Waals surface area contributed by atoms with Gasteiger partial charge in [0.05, 0.1) is 40.3 Å². The number of esters is 2.